The summed E-state index contributed by atoms with van der Waals surface area (Å²) in [4.78, 5) is 25.9. The second-order valence-corrected chi connectivity index (χ2v) is 7.23. The fourth-order valence-electron chi connectivity index (χ4n) is 2.68. The van der Waals surface area contributed by atoms with E-state index in [1.54, 1.807) is 24.3 Å². The fourth-order valence-corrected chi connectivity index (χ4v) is 3.08. The van der Waals surface area contributed by atoms with Crippen molar-refractivity contribution in [3.05, 3.63) is 35.4 Å². The molecular formula is C15H17NO7S. The van der Waals surface area contributed by atoms with Crippen LogP contribution in [0.15, 0.2) is 24.3 Å². The Morgan fingerprint density at radius 2 is 1.67 bits per heavy atom. The summed E-state index contributed by atoms with van der Waals surface area (Å²) in [5.74, 6) is -0.710. The van der Waals surface area contributed by atoms with Gasteiger partial charge in [0.05, 0.1) is 43.2 Å². The maximum Gasteiger partial charge on any atom is 0.264 e. The molecule has 8 nitrogen and oxygen atoms in total. The molecule has 130 valence electrons. The van der Waals surface area contributed by atoms with E-state index in [9.17, 15) is 18.0 Å². The highest BCUT2D eigenvalue weighted by atomic mass is 32.2. The number of benzene rings is 1. The van der Waals surface area contributed by atoms with Crippen LogP contribution in [-0.2, 0) is 23.8 Å². The molecule has 1 aromatic carbocycles. The molecule has 2 heterocycles. The van der Waals surface area contributed by atoms with Gasteiger partial charge < -0.3 is 9.47 Å². The first-order valence-corrected chi connectivity index (χ1v) is 9.23. The Morgan fingerprint density at radius 3 is 2.17 bits per heavy atom. The Kier molecular flexibility index (Phi) is 4.68. The number of ether oxygens (including phenoxy) is 2. The zero-order chi connectivity index (χ0) is 17.3. The summed E-state index contributed by atoms with van der Waals surface area (Å²) in [7, 11) is -3.50. The van der Waals surface area contributed by atoms with E-state index in [-0.39, 0.29) is 38.1 Å². The van der Waals surface area contributed by atoms with Gasteiger partial charge >= 0.3 is 0 Å². The van der Waals surface area contributed by atoms with Gasteiger partial charge in [-0.25, -0.2) is 0 Å². The topological polar surface area (TPSA) is 99.2 Å². The van der Waals surface area contributed by atoms with Crippen molar-refractivity contribution in [3.63, 3.8) is 0 Å². The lowest BCUT2D eigenvalue weighted by atomic mass is 10.1. The second-order valence-electron chi connectivity index (χ2n) is 5.59. The van der Waals surface area contributed by atoms with E-state index in [0.717, 1.165) is 11.2 Å². The van der Waals surface area contributed by atoms with Crippen molar-refractivity contribution in [1.82, 2.24) is 4.90 Å². The van der Waals surface area contributed by atoms with Crippen LogP contribution < -0.4 is 0 Å². The second kappa shape index (κ2) is 6.60. The highest BCUT2D eigenvalue weighted by molar-refractivity contribution is 7.85. The summed E-state index contributed by atoms with van der Waals surface area (Å²) in [5, 5.41) is 0. The first-order valence-electron chi connectivity index (χ1n) is 7.41. The summed E-state index contributed by atoms with van der Waals surface area (Å²) >= 11 is 0. The largest absolute Gasteiger partial charge is 0.350 e. The Bertz CT molecular complexity index is 718. The molecule has 3 rings (SSSR count). The van der Waals surface area contributed by atoms with Crippen molar-refractivity contribution in [1.29, 1.82) is 0 Å². The zero-order valence-corrected chi connectivity index (χ0v) is 13.8. The van der Waals surface area contributed by atoms with Crippen molar-refractivity contribution in [2.24, 2.45) is 0 Å². The number of hydrogen-bond acceptors (Lipinski definition) is 7. The standard InChI is InChI=1S/C15H17NO7S/c1-24(19,20)23-7-6-13-21-8-10(9-22-13)16-14(17)11-4-2-3-5-12(11)15(16)18/h2-5,10,13H,6-9H2,1H3. The van der Waals surface area contributed by atoms with Crippen LogP contribution in [0.3, 0.4) is 0 Å². The number of carbonyl (C=O) groups excluding carboxylic acids is 2. The molecule has 0 aliphatic carbocycles. The van der Waals surface area contributed by atoms with Crippen LogP contribution >= 0.6 is 0 Å². The molecule has 2 aliphatic heterocycles. The third-order valence-electron chi connectivity index (χ3n) is 3.79. The fraction of sp³-hybridized carbons (Fsp3) is 0.467. The molecule has 0 spiro atoms. The van der Waals surface area contributed by atoms with E-state index < -0.39 is 22.4 Å². The first kappa shape index (κ1) is 17.0. The Hall–Kier alpha value is -1.81. The van der Waals surface area contributed by atoms with Crippen molar-refractivity contribution in [3.8, 4) is 0 Å². The molecule has 0 aromatic heterocycles. The highest BCUT2D eigenvalue weighted by Crippen LogP contribution is 2.26. The highest BCUT2D eigenvalue weighted by Gasteiger charge is 2.41. The van der Waals surface area contributed by atoms with Crippen molar-refractivity contribution in [2.75, 3.05) is 26.1 Å². The van der Waals surface area contributed by atoms with Crippen molar-refractivity contribution >= 4 is 21.9 Å². The molecule has 9 heteroatoms. The number of imide groups is 1. The third kappa shape index (κ3) is 3.48. The summed E-state index contributed by atoms with van der Waals surface area (Å²) in [5.41, 5.74) is 0.761. The lowest BCUT2D eigenvalue weighted by molar-refractivity contribution is -0.201. The molecule has 0 saturated carbocycles. The summed E-state index contributed by atoms with van der Waals surface area (Å²) < 4.78 is 37.4. The number of nitrogens with zero attached hydrogens (tertiary/aromatic N) is 1. The minimum Gasteiger partial charge on any atom is -0.350 e. The molecule has 2 aliphatic rings. The average Bonchev–Trinajstić information content (AvgIpc) is 2.79. The quantitative estimate of drug-likeness (QED) is 0.556. The normalized spacial score (nSPS) is 24.3. The van der Waals surface area contributed by atoms with Gasteiger partial charge in [-0.2, -0.15) is 8.42 Å². The van der Waals surface area contributed by atoms with E-state index in [1.165, 1.54) is 0 Å². The molecule has 0 radical (unpaired) electrons. The zero-order valence-electron chi connectivity index (χ0n) is 13.0. The van der Waals surface area contributed by atoms with E-state index in [1.807, 2.05) is 0 Å². The maximum atomic E-state index is 12.4. The first-order chi connectivity index (χ1) is 11.4. The van der Waals surface area contributed by atoms with Gasteiger partial charge in [0.15, 0.2) is 6.29 Å². The molecule has 0 atom stereocenters. The number of carbonyl (C=O) groups is 2. The van der Waals surface area contributed by atoms with Crippen LogP contribution in [-0.4, -0.2) is 63.5 Å². The molecule has 1 saturated heterocycles. The Labute approximate surface area is 139 Å². The number of amides is 2. The molecule has 24 heavy (non-hydrogen) atoms. The van der Waals surface area contributed by atoms with Crippen molar-refractivity contribution < 1.29 is 31.7 Å². The van der Waals surface area contributed by atoms with Gasteiger partial charge in [-0.15, -0.1) is 0 Å². The van der Waals surface area contributed by atoms with Crippen LogP contribution in [0.5, 0.6) is 0 Å². The van der Waals surface area contributed by atoms with Crippen LogP contribution in [0.2, 0.25) is 0 Å². The molecule has 2 amide bonds. The molecule has 0 unspecified atom stereocenters. The minimum absolute atomic E-state index is 0.0544. The van der Waals surface area contributed by atoms with E-state index in [2.05, 4.69) is 4.18 Å². The molecule has 0 bridgehead atoms. The van der Waals surface area contributed by atoms with Gasteiger partial charge in [0.25, 0.3) is 21.9 Å². The number of fused-ring (bicyclic) bond motifs is 1. The van der Waals surface area contributed by atoms with E-state index >= 15 is 0 Å². The van der Waals surface area contributed by atoms with E-state index in [4.69, 9.17) is 9.47 Å². The SMILES string of the molecule is CS(=O)(=O)OCCC1OCC(N2C(=O)c3ccccc3C2=O)CO1. The summed E-state index contributed by atoms with van der Waals surface area (Å²) in [6.45, 7) is 0.213. The van der Waals surface area contributed by atoms with Gasteiger partial charge in [0.2, 0.25) is 0 Å². The predicted molar refractivity (Wildman–Crippen MR) is 81.8 cm³/mol. The van der Waals surface area contributed by atoms with E-state index in [0.29, 0.717) is 11.1 Å². The molecule has 0 N–H and O–H groups in total. The predicted octanol–water partition coefficient (Wildman–Crippen LogP) is 0.390. The van der Waals surface area contributed by atoms with Crippen LogP contribution in [0.1, 0.15) is 27.1 Å². The van der Waals surface area contributed by atoms with Gasteiger partial charge in [0, 0.05) is 6.42 Å². The van der Waals surface area contributed by atoms with Gasteiger partial charge in [-0.05, 0) is 12.1 Å². The monoisotopic (exact) mass is 355 g/mol. The molecule has 1 fully saturated rings. The van der Waals surface area contributed by atoms with Crippen molar-refractivity contribution in [2.45, 2.75) is 18.8 Å². The van der Waals surface area contributed by atoms with Crippen LogP contribution in [0.25, 0.3) is 0 Å². The minimum atomic E-state index is -3.50. The van der Waals surface area contributed by atoms with Crippen LogP contribution in [0.4, 0.5) is 0 Å². The number of hydrogen-bond donors (Lipinski definition) is 0. The summed E-state index contributed by atoms with van der Waals surface area (Å²) in [6.07, 6.45) is 0.577. The smallest absolute Gasteiger partial charge is 0.264 e. The molecule has 1 aromatic rings. The van der Waals surface area contributed by atoms with Gasteiger partial charge in [-0.3, -0.25) is 18.7 Å². The van der Waals surface area contributed by atoms with Crippen LogP contribution in [0, 0.1) is 0 Å². The number of rotatable bonds is 5. The lowest BCUT2D eigenvalue weighted by Crippen LogP contribution is -2.50. The lowest BCUT2D eigenvalue weighted by Gasteiger charge is -2.33. The molecular weight excluding hydrogens is 338 g/mol. The average molecular weight is 355 g/mol. The Morgan fingerprint density at radius 1 is 1.12 bits per heavy atom. The third-order valence-corrected chi connectivity index (χ3v) is 4.39. The van der Waals surface area contributed by atoms with Gasteiger partial charge in [-0.1, -0.05) is 12.1 Å². The summed E-state index contributed by atoms with van der Waals surface area (Å²) in [6, 6.07) is 6.14. The maximum absolute atomic E-state index is 12.4. The van der Waals surface area contributed by atoms with Gasteiger partial charge in [0.1, 0.15) is 0 Å². The Balaban J connectivity index is 1.56.